The van der Waals surface area contributed by atoms with Gasteiger partial charge in [0.15, 0.2) is 0 Å². The zero-order valence-electron chi connectivity index (χ0n) is 11.2. The van der Waals surface area contributed by atoms with Gasteiger partial charge in [-0.15, -0.1) is 0 Å². The van der Waals surface area contributed by atoms with Crippen LogP contribution in [0.5, 0.6) is 5.75 Å². The van der Waals surface area contributed by atoms with E-state index in [0.29, 0.717) is 0 Å². The lowest BCUT2D eigenvalue weighted by atomic mass is 10.2. The highest BCUT2D eigenvalue weighted by Gasteiger charge is 2.10. The molecule has 1 aromatic heterocycles. The van der Waals surface area contributed by atoms with Gasteiger partial charge in [-0.3, -0.25) is 4.68 Å². The van der Waals surface area contributed by atoms with Gasteiger partial charge in [-0.2, -0.15) is 5.10 Å². The van der Waals surface area contributed by atoms with Crippen LogP contribution in [-0.2, 0) is 13.6 Å². The van der Waals surface area contributed by atoms with E-state index in [1.54, 1.807) is 24.1 Å². The SMILES string of the molecule is Cn1cc(CNC(=O)Nc2ccc(C(=O)O)cc2O)cn1. The summed E-state index contributed by atoms with van der Waals surface area (Å²) < 4.78 is 1.62. The molecule has 8 nitrogen and oxygen atoms in total. The van der Waals surface area contributed by atoms with Crippen LogP contribution in [-0.4, -0.2) is 32.0 Å². The van der Waals surface area contributed by atoms with Crippen LogP contribution in [0, 0.1) is 0 Å². The van der Waals surface area contributed by atoms with Crippen molar-refractivity contribution in [3.05, 3.63) is 41.7 Å². The van der Waals surface area contributed by atoms with E-state index < -0.39 is 12.0 Å². The maximum atomic E-state index is 11.7. The quantitative estimate of drug-likeness (QED) is 0.630. The standard InChI is InChI=1S/C13H14N4O4/c1-17-7-8(6-15-17)5-14-13(21)16-10-3-2-9(12(19)20)4-11(10)18/h2-4,6-7,18H,5H2,1H3,(H,19,20)(H2,14,16,21). The topological polar surface area (TPSA) is 116 Å². The second-order valence-corrected chi connectivity index (χ2v) is 4.37. The van der Waals surface area contributed by atoms with Crippen LogP contribution in [0.1, 0.15) is 15.9 Å². The Labute approximate surface area is 120 Å². The van der Waals surface area contributed by atoms with Gasteiger partial charge in [0.05, 0.1) is 17.4 Å². The van der Waals surface area contributed by atoms with Crippen LogP contribution in [0.15, 0.2) is 30.6 Å². The molecule has 0 spiro atoms. The van der Waals surface area contributed by atoms with Gasteiger partial charge in [0.25, 0.3) is 0 Å². The number of hydrogen-bond acceptors (Lipinski definition) is 4. The normalized spacial score (nSPS) is 10.1. The lowest BCUT2D eigenvalue weighted by molar-refractivity contribution is 0.0696. The van der Waals surface area contributed by atoms with Gasteiger partial charge in [-0.25, -0.2) is 9.59 Å². The largest absolute Gasteiger partial charge is 0.506 e. The predicted molar refractivity (Wildman–Crippen MR) is 74.1 cm³/mol. The maximum absolute atomic E-state index is 11.7. The Morgan fingerprint density at radius 2 is 2.14 bits per heavy atom. The molecule has 0 saturated carbocycles. The number of aromatic hydroxyl groups is 1. The number of aryl methyl sites for hydroxylation is 1. The van der Waals surface area contributed by atoms with Crippen molar-refractivity contribution in [3.8, 4) is 5.75 Å². The average Bonchev–Trinajstić information content (AvgIpc) is 2.84. The van der Waals surface area contributed by atoms with Gasteiger partial charge in [0, 0.05) is 25.4 Å². The van der Waals surface area contributed by atoms with Crippen molar-refractivity contribution in [3.63, 3.8) is 0 Å². The molecule has 0 aliphatic carbocycles. The number of urea groups is 1. The summed E-state index contributed by atoms with van der Waals surface area (Å²) >= 11 is 0. The molecule has 0 aliphatic heterocycles. The fourth-order valence-electron chi connectivity index (χ4n) is 1.68. The second-order valence-electron chi connectivity index (χ2n) is 4.37. The molecule has 8 heteroatoms. The third-order valence-corrected chi connectivity index (χ3v) is 2.70. The molecule has 2 rings (SSSR count). The van der Waals surface area contributed by atoms with E-state index in [2.05, 4.69) is 15.7 Å². The number of anilines is 1. The second kappa shape index (κ2) is 5.95. The molecule has 110 valence electrons. The van der Waals surface area contributed by atoms with Crippen molar-refractivity contribution in [1.82, 2.24) is 15.1 Å². The molecule has 4 N–H and O–H groups in total. The molecule has 0 saturated heterocycles. The zero-order valence-corrected chi connectivity index (χ0v) is 11.2. The van der Waals surface area contributed by atoms with Crippen molar-refractivity contribution in [2.45, 2.75) is 6.54 Å². The van der Waals surface area contributed by atoms with Crippen molar-refractivity contribution >= 4 is 17.7 Å². The predicted octanol–water partition coefficient (Wildman–Crippen LogP) is 1.15. The Hall–Kier alpha value is -3.03. The summed E-state index contributed by atoms with van der Waals surface area (Å²) in [5, 5.41) is 27.4. The van der Waals surface area contributed by atoms with Crippen molar-refractivity contribution in [1.29, 1.82) is 0 Å². The Balaban J connectivity index is 1.94. The van der Waals surface area contributed by atoms with E-state index in [0.717, 1.165) is 11.6 Å². The van der Waals surface area contributed by atoms with Crippen LogP contribution in [0.4, 0.5) is 10.5 Å². The van der Waals surface area contributed by atoms with Gasteiger partial charge in [0.1, 0.15) is 5.75 Å². The van der Waals surface area contributed by atoms with Crippen LogP contribution < -0.4 is 10.6 Å². The molecular formula is C13H14N4O4. The minimum Gasteiger partial charge on any atom is -0.506 e. The highest BCUT2D eigenvalue weighted by Crippen LogP contribution is 2.24. The number of carboxylic acid groups (broad SMARTS) is 1. The highest BCUT2D eigenvalue weighted by molar-refractivity contribution is 5.93. The Morgan fingerprint density at radius 1 is 1.38 bits per heavy atom. The Morgan fingerprint density at radius 3 is 2.71 bits per heavy atom. The number of nitrogens with one attached hydrogen (secondary N) is 2. The van der Waals surface area contributed by atoms with E-state index in [1.165, 1.54) is 12.1 Å². The molecule has 0 atom stereocenters. The summed E-state index contributed by atoms with van der Waals surface area (Å²) in [6, 6.07) is 3.16. The van der Waals surface area contributed by atoms with E-state index >= 15 is 0 Å². The van der Waals surface area contributed by atoms with Crippen molar-refractivity contribution in [2.24, 2.45) is 7.05 Å². The first-order chi connectivity index (χ1) is 9.95. The molecule has 0 fully saturated rings. The first kappa shape index (κ1) is 14.4. The van der Waals surface area contributed by atoms with Gasteiger partial charge in [0.2, 0.25) is 0 Å². The molecule has 2 aromatic rings. The zero-order chi connectivity index (χ0) is 15.4. The number of phenolic OH excluding ortho intramolecular Hbond substituents is 1. The number of amides is 2. The first-order valence-corrected chi connectivity index (χ1v) is 6.04. The number of hydrogen-bond donors (Lipinski definition) is 4. The molecule has 0 radical (unpaired) electrons. The van der Waals surface area contributed by atoms with Gasteiger partial charge < -0.3 is 20.8 Å². The summed E-state index contributed by atoms with van der Waals surface area (Å²) in [6.45, 7) is 0.285. The molecule has 1 aromatic carbocycles. The van der Waals surface area contributed by atoms with Crippen LogP contribution in [0.25, 0.3) is 0 Å². The maximum Gasteiger partial charge on any atom is 0.335 e. The van der Waals surface area contributed by atoms with E-state index in [9.17, 15) is 14.7 Å². The summed E-state index contributed by atoms with van der Waals surface area (Å²) in [5.41, 5.74) is 0.899. The van der Waals surface area contributed by atoms with E-state index in [1.807, 2.05) is 0 Å². The number of phenols is 1. The first-order valence-electron chi connectivity index (χ1n) is 6.04. The minimum absolute atomic E-state index is 0.0613. The summed E-state index contributed by atoms with van der Waals surface area (Å²) in [4.78, 5) is 22.4. The lowest BCUT2D eigenvalue weighted by Crippen LogP contribution is -2.28. The fourth-order valence-corrected chi connectivity index (χ4v) is 1.68. The molecule has 21 heavy (non-hydrogen) atoms. The molecule has 2 amide bonds. The lowest BCUT2D eigenvalue weighted by Gasteiger charge is -2.09. The molecule has 0 bridgehead atoms. The monoisotopic (exact) mass is 290 g/mol. The number of rotatable bonds is 4. The number of benzene rings is 1. The van der Waals surface area contributed by atoms with Crippen LogP contribution >= 0.6 is 0 Å². The number of carbonyl (C=O) groups excluding carboxylic acids is 1. The van der Waals surface area contributed by atoms with Crippen molar-refractivity contribution < 1.29 is 19.8 Å². The van der Waals surface area contributed by atoms with E-state index in [4.69, 9.17) is 5.11 Å². The van der Waals surface area contributed by atoms with Crippen LogP contribution in [0.2, 0.25) is 0 Å². The van der Waals surface area contributed by atoms with Crippen LogP contribution in [0.3, 0.4) is 0 Å². The Kier molecular flexibility index (Phi) is 4.07. The number of nitrogens with zero attached hydrogens (tertiary/aromatic N) is 2. The number of aromatic nitrogens is 2. The average molecular weight is 290 g/mol. The highest BCUT2D eigenvalue weighted by atomic mass is 16.4. The molecule has 0 unspecified atom stereocenters. The minimum atomic E-state index is -1.15. The summed E-state index contributed by atoms with van der Waals surface area (Å²) in [5.74, 6) is -1.47. The number of carboxylic acids is 1. The Bertz CT molecular complexity index is 681. The van der Waals surface area contributed by atoms with Crippen molar-refractivity contribution in [2.75, 3.05) is 5.32 Å². The molecular weight excluding hydrogens is 276 g/mol. The van der Waals surface area contributed by atoms with Gasteiger partial charge in [-0.05, 0) is 18.2 Å². The summed E-state index contributed by atoms with van der Waals surface area (Å²) in [7, 11) is 1.77. The number of aromatic carboxylic acids is 1. The van der Waals surface area contributed by atoms with E-state index in [-0.39, 0.29) is 23.5 Å². The third kappa shape index (κ3) is 3.72. The fraction of sp³-hybridized carbons (Fsp3) is 0.154. The number of carbonyl (C=O) groups is 2. The third-order valence-electron chi connectivity index (χ3n) is 2.70. The summed E-state index contributed by atoms with van der Waals surface area (Å²) in [6.07, 6.45) is 3.39. The molecule has 0 aliphatic rings. The molecule has 1 heterocycles. The smallest absolute Gasteiger partial charge is 0.335 e. The van der Waals surface area contributed by atoms with Gasteiger partial charge in [-0.1, -0.05) is 0 Å². The van der Waals surface area contributed by atoms with Gasteiger partial charge >= 0.3 is 12.0 Å².